The highest BCUT2D eigenvalue weighted by Gasteiger charge is 2.31. The molecule has 44 heavy (non-hydrogen) atoms. The number of nitrogens with zero attached hydrogens (tertiary/aromatic N) is 1. The summed E-state index contributed by atoms with van der Waals surface area (Å²) in [5.74, 6) is 0.887. The van der Waals surface area contributed by atoms with Gasteiger partial charge in [-0.2, -0.15) is 11.8 Å². The molecule has 3 N–H and O–H groups in total. The molecule has 1 unspecified atom stereocenters. The van der Waals surface area contributed by atoms with Crippen molar-refractivity contribution in [2.24, 2.45) is 0 Å². The number of hydrogen-bond donors (Lipinski definition) is 3. The molecule has 4 bridgehead atoms. The number of hydrogen-bond acceptors (Lipinski definition) is 4. The number of aliphatic carboxylic acids is 1. The van der Waals surface area contributed by atoms with E-state index in [9.17, 15) is 9.90 Å². The van der Waals surface area contributed by atoms with Crippen molar-refractivity contribution in [2.75, 3.05) is 11.5 Å². The standard InChI is InChI=1S/C35H35F2N3O3S/c1-35(23-7-5-6-22(18-23)8-11-32(41)42)14-3-2-4-16-44-17-13-26-25-12-15-38-30(25)20-29(37)33(26)43-24-9-10-28(36)27(19-24)34-39-21-31(35)40-34/h5-7,9-10,12,15,18-21,38H,2-4,8,11,13-14,16-17H2,1H3,(H,39,40)(H,41,42). The van der Waals surface area contributed by atoms with Gasteiger partial charge in [0.15, 0.2) is 11.6 Å². The van der Waals surface area contributed by atoms with Crippen LogP contribution in [0.2, 0.25) is 0 Å². The number of aromatic amines is 2. The Morgan fingerprint density at radius 3 is 2.82 bits per heavy atom. The largest absolute Gasteiger partial charge is 0.481 e. The summed E-state index contributed by atoms with van der Waals surface area (Å²) >= 11 is 1.85. The number of thioether (sulfide) groups is 1. The highest BCUT2D eigenvalue weighted by atomic mass is 32.2. The van der Waals surface area contributed by atoms with Gasteiger partial charge in [-0.05, 0) is 79.5 Å². The zero-order valence-corrected chi connectivity index (χ0v) is 25.4. The number of fused-ring (bicyclic) bond motifs is 8. The van der Waals surface area contributed by atoms with E-state index in [0.29, 0.717) is 24.4 Å². The van der Waals surface area contributed by atoms with Gasteiger partial charge in [0.05, 0.1) is 5.56 Å². The molecule has 0 saturated heterocycles. The van der Waals surface area contributed by atoms with Gasteiger partial charge in [0, 0.05) is 52.5 Å². The van der Waals surface area contributed by atoms with Gasteiger partial charge in [0.25, 0.3) is 0 Å². The molecular weight excluding hydrogens is 580 g/mol. The number of rotatable bonds is 4. The molecule has 5 aromatic rings. The van der Waals surface area contributed by atoms with Gasteiger partial charge in [-0.3, -0.25) is 4.79 Å². The predicted octanol–water partition coefficient (Wildman–Crippen LogP) is 8.80. The first-order valence-corrected chi connectivity index (χ1v) is 16.2. The van der Waals surface area contributed by atoms with Crippen LogP contribution in [0.3, 0.4) is 0 Å². The molecule has 1 aliphatic rings. The average Bonchev–Trinajstić information content (AvgIpc) is 3.70. The molecule has 0 saturated carbocycles. The molecule has 228 valence electrons. The summed E-state index contributed by atoms with van der Waals surface area (Å²) < 4.78 is 36.9. The van der Waals surface area contributed by atoms with Crippen LogP contribution in [0.4, 0.5) is 8.78 Å². The van der Waals surface area contributed by atoms with E-state index in [1.54, 1.807) is 18.5 Å². The van der Waals surface area contributed by atoms with Gasteiger partial charge in [0.1, 0.15) is 17.4 Å². The number of carboxylic acids is 1. The maximum atomic E-state index is 15.4. The summed E-state index contributed by atoms with van der Waals surface area (Å²) in [4.78, 5) is 22.3. The van der Waals surface area contributed by atoms with Crippen LogP contribution in [0.25, 0.3) is 22.3 Å². The lowest BCUT2D eigenvalue weighted by molar-refractivity contribution is -0.136. The number of imidazole rings is 1. The molecule has 0 fully saturated rings. The third-order valence-corrected chi connectivity index (χ3v) is 9.67. The summed E-state index contributed by atoms with van der Waals surface area (Å²) in [6.45, 7) is 2.16. The third kappa shape index (κ3) is 6.24. The zero-order chi connectivity index (χ0) is 30.7. The smallest absolute Gasteiger partial charge is 0.303 e. The number of benzene rings is 3. The molecule has 3 heterocycles. The second kappa shape index (κ2) is 12.9. The summed E-state index contributed by atoms with van der Waals surface area (Å²) in [5, 5.41) is 10.1. The Morgan fingerprint density at radius 2 is 1.95 bits per heavy atom. The van der Waals surface area contributed by atoms with Crippen molar-refractivity contribution in [3.63, 3.8) is 0 Å². The minimum Gasteiger partial charge on any atom is -0.481 e. The predicted molar refractivity (Wildman–Crippen MR) is 171 cm³/mol. The van der Waals surface area contributed by atoms with Crippen molar-refractivity contribution in [2.45, 2.75) is 57.3 Å². The van der Waals surface area contributed by atoms with Crippen molar-refractivity contribution in [1.29, 1.82) is 0 Å². The normalized spacial score (nSPS) is 17.8. The summed E-state index contributed by atoms with van der Waals surface area (Å²) in [7, 11) is 0. The fourth-order valence-corrected chi connectivity index (χ4v) is 7.04. The highest BCUT2D eigenvalue weighted by molar-refractivity contribution is 7.99. The Labute approximate surface area is 259 Å². The molecule has 6 rings (SSSR count). The molecule has 0 amide bonds. The number of halogens is 2. The first-order valence-electron chi connectivity index (χ1n) is 15.0. The molecule has 1 aliphatic heterocycles. The van der Waals surface area contributed by atoms with Gasteiger partial charge in [-0.25, -0.2) is 13.8 Å². The number of H-pyrrole nitrogens is 2. The van der Waals surface area contributed by atoms with Crippen LogP contribution in [-0.4, -0.2) is 37.5 Å². The van der Waals surface area contributed by atoms with Crippen LogP contribution >= 0.6 is 11.8 Å². The first kappa shape index (κ1) is 29.9. The van der Waals surface area contributed by atoms with Gasteiger partial charge in [0.2, 0.25) is 0 Å². The molecule has 1 atom stereocenters. The summed E-state index contributed by atoms with van der Waals surface area (Å²) in [6.07, 6.45) is 8.60. The number of carboxylic acid groups (broad SMARTS) is 1. The van der Waals surface area contributed by atoms with Crippen LogP contribution in [0.5, 0.6) is 11.5 Å². The van der Waals surface area contributed by atoms with E-state index < -0.39 is 23.0 Å². The number of aryl methyl sites for hydroxylation is 2. The second-order valence-corrected chi connectivity index (χ2v) is 12.8. The molecule has 3 aromatic carbocycles. The summed E-state index contributed by atoms with van der Waals surface area (Å²) in [6, 6.07) is 15.8. The van der Waals surface area contributed by atoms with Crippen LogP contribution in [-0.2, 0) is 23.1 Å². The van der Waals surface area contributed by atoms with E-state index in [4.69, 9.17) is 4.74 Å². The van der Waals surface area contributed by atoms with E-state index in [0.717, 1.165) is 70.5 Å². The molecular formula is C35H35F2N3O3S. The van der Waals surface area contributed by atoms with Crippen molar-refractivity contribution in [3.8, 4) is 22.9 Å². The lowest BCUT2D eigenvalue weighted by Gasteiger charge is -2.30. The fraction of sp³-hybridized carbons (Fsp3) is 0.314. The van der Waals surface area contributed by atoms with Gasteiger partial charge in [-0.1, -0.05) is 37.1 Å². The highest BCUT2D eigenvalue weighted by Crippen LogP contribution is 2.40. The van der Waals surface area contributed by atoms with Gasteiger partial charge in [-0.15, -0.1) is 0 Å². The minimum absolute atomic E-state index is 0.0637. The van der Waals surface area contributed by atoms with Crippen LogP contribution < -0.4 is 4.74 Å². The molecule has 2 aromatic heterocycles. The van der Waals surface area contributed by atoms with Crippen molar-refractivity contribution in [3.05, 3.63) is 101 Å². The maximum Gasteiger partial charge on any atom is 0.303 e. The molecule has 9 heteroatoms. The van der Waals surface area contributed by atoms with E-state index in [-0.39, 0.29) is 17.7 Å². The molecule has 0 aliphatic carbocycles. The molecule has 0 radical (unpaired) electrons. The quantitative estimate of drug-likeness (QED) is 0.188. The molecule has 6 nitrogen and oxygen atoms in total. The van der Waals surface area contributed by atoms with E-state index >= 15 is 8.78 Å². The zero-order valence-electron chi connectivity index (χ0n) is 24.6. The van der Waals surface area contributed by atoms with Gasteiger partial charge < -0.3 is 19.8 Å². The number of nitrogens with one attached hydrogen (secondary N) is 2. The number of aromatic nitrogens is 3. The van der Waals surface area contributed by atoms with Crippen LogP contribution in [0.15, 0.2) is 67.0 Å². The molecule has 0 spiro atoms. The van der Waals surface area contributed by atoms with Crippen LogP contribution in [0.1, 0.15) is 61.4 Å². The minimum atomic E-state index is -0.828. The fourth-order valence-electron chi connectivity index (χ4n) is 6.08. The summed E-state index contributed by atoms with van der Waals surface area (Å²) in [5.41, 5.74) is 4.14. The SMILES string of the molecule is CC1(c2cccc(CCC(=O)O)c2)CCCCCSCCc2c(c(F)cc3[nH]ccc23)Oc2ccc(F)c(c2)-c2ncc1[nH]2. The monoisotopic (exact) mass is 615 g/mol. The average molecular weight is 616 g/mol. The lowest BCUT2D eigenvalue weighted by atomic mass is 9.75. The topological polar surface area (TPSA) is 91.0 Å². The maximum absolute atomic E-state index is 15.4. The van der Waals surface area contributed by atoms with E-state index in [2.05, 4.69) is 34.0 Å². The third-order valence-electron chi connectivity index (χ3n) is 8.60. The Kier molecular flexibility index (Phi) is 8.75. The lowest BCUT2D eigenvalue weighted by Crippen LogP contribution is -2.24. The van der Waals surface area contributed by atoms with Crippen molar-refractivity contribution < 1.29 is 23.4 Å². The van der Waals surface area contributed by atoms with E-state index in [1.165, 1.54) is 18.2 Å². The Balaban J connectivity index is 1.40. The first-order chi connectivity index (χ1) is 21.3. The van der Waals surface area contributed by atoms with Crippen LogP contribution in [0, 0.1) is 11.6 Å². The Bertz CT molecular complexity index is 1800. The second-order valence-electron chi connectivity index (χ2n) is 11.6. The number of ether oxygens (including phenoxy) is 1. The van der Waals surface area contributed by atoms with Crippen molar-refractivity contribution in [1.82, 2.24) is 15.0 Å². The van der Waals surface area contributed by atoms with E-state index in [1.807, 2.05) is 30.0 Å². The van der Waals surface area contributed by atoms with Crippen molar-refractivity contribution >= 4 is 28.6 Å². The van der Waals surface area contributed by atoms with Gasteiger partial charge >= 0.3 is 5.97 Å². The number of carbonyl (C=O) groups is 1. The Hall–Kier alpha value is -4.11. The Morgan fingerprint density at radius 1 is 1.07 bits per heavy atom.